The summed E-state index contributed by atoms with van der Waals surface area (Å²) in [6.07, 6.45) is 6.14. The molecule has 0 amide bonds. The van der Waals surface area contributed by atoms with Crippen LogP contribution in [-0.4, -0.2) is 0 Å². The van der Waals surface area contributed by atoms with Crippen LogP contribution in [0.3, 0.4) is 0 Å². The van der Waals surface area contributed by atoms with Gasteiger partial charge in [0.25, 0.3) is 0 Å². The van der Waals surface area contributed by atoms with Crippen LogP contribution >= 0.6 is 0 Å². The average molecular weight is 680 g/mol. The molecule has 0 N–H and O–H groups in total. The molecule has 10 rings (SSSR count). The highest BCUT2D eigenvalue weighted by molar-refractivity contribution is 6.14. The van der Waals surface area contributed by atoms with Gasteiger partial charge in [-0.1, -0.05) is 134 Å². The normalized spacial score (nSPS) is 11.8. The second kappa shape index (κ2) is 12.6. The van der Waals surface area contributed by atoms with E-state index in [4.69, 9.17) is 8.83 Å². The van der Waals surface area contributed by atoms with Crippen molar-refractivity contribution in [2.75, 3.05) is 4.90 Å². The number of hydrogen-bond acceptors (Lipinski definition) is 3. The lowest BCUT2D eigenvalue weighted by atomic mass is 9.98. The highest BCUT2D eigenvalue weighted by Gasteiger charge is 2.21. The van der Waals surface area contributed by atoms with Gasteiger partial charge in [0.05, 0.1) is 16.8 Å². The molecule has 0 fully saturated rings. The smallest absolute Gasteiger partial charge is 0.137 e. The quantitative estimate of drug-likeness (QED) is 0.168. The predicted octanol–water partition coefficient (Wildman–Crippen LogP) is 14.6. The number of hydrogen-bond donors (Lipinski definition) is 0. The van der Waals surface area contributed by atoms with Gasteiger partial charge < -0.3 is 13.7 Å². The number of benzene rings is 8. The molecule has 0 atom stereocenters. The zero-order chi connectivity index (χ0) is 35.3. The van der Waals surface area contributed by atoms with Gasteiger partial charge in [-0.3, -0.25) is 0 Å². The van der Waals surface area contributed by atoms with Gasteiger partial charge in [-0.25, -0.2) is 0 Å². The van der Waals surface area contributed by atoms with Crippen LogP contribution in [-0.2, 0) is 0 Å². The van der Waals surface area contributed by atoms with Gasteiger partial charge >= 0.3 is 0 Å². The van der Waals surface area contributed by atoms with Gasteiger partial charge in [-0.2, -0.15) is 0 Å². The van der Waals surface area contributed by atoms with E-state index >= 15 is 0 Å². The van der Waals surface area contributed by atoms with Crippen LogP contribution in [0.1, 0.15) is 16.9 Å². The summed E-state index contributed by atoms with van der Waals surface area (Å²) >= 11 is 0. The Balaban J connectivity index is 1.15. The predicted molar refractivity (Wildman–Crippen MR) is 224 cm³/mol. The molecule has 0 radical (unpaired) electrons. The Kier molecular flexibility index (Phi) is 7.29. The van der Waals surface area contributed by atoms with E-state index in [1.165, 1.54) is 27.3 Å². The first kappa shape index (κ1) is 30.7. The Bertz CT molecular complexity index is 3030. The van der Waals surface area contributed by atoms with E-state index in [1.54, 1.807) is 6.08 Å². The van der Waals surface area contributed by atoms with Gasteiger partial charge in [-0.05, 0) is 98.9 Å². The highest BCUT2D eigenvalue weighted by atomic mass is 16.3. The molecule has 3 heteroatoms. The fourth-order valence-corrected chi connectivity index (χ4v) is 7.77. The van der Waals surface area contributed by atoms with E-state index in [1.807, 2.05) is 12.1 Å². The Labute approximate surface area is 306 Å². The van der Waals surface area contributed by atoms with Crippen molar-refractivity contribution in [3.63, 3.8) is 0 Å². The summed E-state index contributed by atoms with van der Waals surface area (Å²) in [6, 6.07) is 59.8. The average Bonchev–Trinajstić information content (AvgIpc) is 3.77. The van der Waals surface area contributed by atoms with E-state index in [0.29, 0.717) is 0 Å². The van der Waals surface area contributed by atoms with Crippen molar-refractivity contribution < 1.29 is 8.83 Å². The number of rotatable bonds is 7. The van der Waals surface area contributed by atoms with Gasteiger partial charge in [0.1, 0.15) is 22.5 Å². The van der Waals surface area contributed by atoms with E-state index in [-0.39, 0.29) is 0 Å². The lowest BCUT2D eigenvalue weighted by molar-refractivity contribution is 0.604. The molecule has 53 heavy (non-hydrogen) atoms. The maximum absolute atomic E-state index is 6.40. The maximum atomic E-state index is 6.40. The number of furan rings is 2. The molecule has 3 nitrogen and oxygen atoms in total. The molecule has 0 saturated carbocycles. The number of fused-ring (bicyclic) bond motifs is 6. The minimum atomic E-state index is 0.750. The third kappa shape index (κ3) is 5.21. The molecule has 0 bridgehead atoms. The van der Waals surface area contributed by atoms with Crippen molar-refractivity contribution in [3.8, 4) is 11.1 Å². The third-order valence-electron chi connectivity index (χ3n) is 10.3. The molecule has 0 saturated heterocycles. The molecule has 0 unspecified atom stereocenters. The summed E-state index contributed by atoms with van der Waals surface area (Å²) < 4.78 is 12.7. The first-order valence-electron chi connectivity index (χ1n) is 17.9. The van der Waals surface area contributed by atoms with E-state index in [0.717, 1.165) is 72.2 Å². The third-order valence-corrected chi connectivity index (χ3v) is 10.3. The van der Waals surface area contributed by atoms with E-state index < -0.39 is 0 Å². The monoisotopic (exact) mass is 679 g/mol. The van der Waals surface area contributed by atoms with Crippen molar-refractivity contribution in [2.24, 2.45) is 0 Å². The minimum absolute atomic E-state index is 0.750. The molecular weight excluding hydrogens is 647 g/mol. The Morgan fingerprint density at radius 1 is 0.472 bits per heavy atom. The maximum Gasteiger partial charge on any atom is 0.137 e. The lowest BCUT2D eigenvalue weighted by Gasteiger charge is -2.28. The summed E-state index contributed by atoms with van der Waals surface area (Å²) in [5, 5.41) is 8.00. The van der Waals surface area contributed by atoms with Crippen LogP contribution in [0.2, 0.25) is 0 Å². The molecule has 8 aromatic carbocycles. The fourth-order valence-electron chi connectivity index (χ4n) is 7.77. The van der Waals surface area contributed by atoms with Crippen LogP contribution in [0.15, 0.2) is 185 Å². The molecule has 0 aliphatic heterocycles. The van der Waals surface area contributed by atoms with Crippen LogP contribution in [0.5, 0.6) is 0 Å². The van der Waals surface area contributed by atoms with Crippen molar-refractivity contribution in [2.45, 2.75) is 0 Å². The molecule has 0 spiro atoms. The second-order valence-electron chi connectivity index (χ2n) is 13.3. The number of nitrogens with zero attached hydrogens (tertiary/aromatic N) is 1. The second-order valence-corrected chi connectivity index (χ2v) is 13.3. The largest absolute Gasteiger partial charge is 0.456 e. The first-order valence-corrected chi connectivity index (χ1v) is 17.9. The fraction of sp³-hybridized carbons (Fsp3) is 0. The van der Waals surface area contributed by atoms with Gasteiger partial charge in [0.15, 0.2) is 0 Å². The summed E-state index contributed by atoms with van der Waals surface area (Å²) in [7, 11) is 0. The first-order chi connectivity index (χ1) is 26.2. The Hall–Kier alpha value is -7.10. The van der Waals surface area contributed by atoms with Crippen LogP contribution < -0.4 is 4.90 Å². The number of anilines is 3. The van der Waals surface area contributed by atoms with Crippen molar-refractivity contribution in [3.05, 3.63) is 193 Å². The van der Waals surface area contributed by atoms with E-state index in [2.05, 4.69) is 181 Å². The molecule has 10 aromatic rings. The summed E-state index contributed by atoms with van der Waals surface area (Å²) in [5.74, 6) is 0.750. The summed E-state index contributed by atoms with van der Waals surface area (Å²) in [6.45, 7) is 4.09. The Morgan fingerprint density at radius 3 is 1.98 bits per heavy atom. The summed E-state index contributed by atoms with van der Waals surface area (Å²) in [5.41, 5.74) is 10.1. The SMILES string of the molecule is C=Cc1oc2cc3ccccc3cc2c1/C=C/c1ccccc1N(c1ccc(-c2cccc3ccccc23)cc1)c1cccc2oc3ccccc3c12. The molecule has 0 aliphatic carbocycles. The van der Waals surface area contributed by atoms with E-state index in [9.17, 15) is 0 Å². The van der Waals surface area contributed by atoms with Gasteiger partial charge in [-0.15, -0.1) is 0 Å². The number of para-hydroxylation sites is 2. The standard InChI is InChI=1S/C50H33NO2/c1-2-46-41(43-31-36-15-3-4-16-37(36)32-49(43)52-46)30-27-35-14-6-9-21-44(35)51(45-22-12-24-48-50(45)42-19-8-10-23-47(42)53-48)38-28-25-34(26-29-38)40-20-11-17-33-13-5-7-18-39(33)40/h2-32H,1H2/b30-27+. The topological polar surface area (TPSA) is 29.5 Å². The highest BCUT2D eigenvalue weighted by Crippen LogP contribution is 2.45. The zero-order valence-electron chi connectivity index (χ0n) is 28.9. The van der Waals surface area contributed by atoms with Crippen molar-refractivity contribution in [1.29, 1.82) is 0 Å². The molecule has 2 aromatic heterocycles. The van der Waals surface area contributed by atoms with Crippen molar-refractivity contribution >= 4 is 89.7 Å². The van der Waals surface area contributed by atoms with Crippen molar-refractivity contribution in [1.82, 2.24) is 0 Å². The summed E-state index contributed by atoms with van der Waals surface area (Å²) in [4.78, 5) is 2.35. The molecule has 250 valence electrons. The molecule has 0 aliphatic rings. The lowest BCUT2D eigenvalue weighted by Crippen LogP contribution is -2.11. The van der Waals surface area contributed by atoms with Crippen LogP contribution in [0, 0.1) is 0 Å². The van der Waals surface area contributed by atoms with Crippen LogP contribution in [0.25, 0.3) is 83.8 Å². The zero-order valence-corrected chi connectivity index (χ0v) is 28.9. The van der Waals surface area contributed by atoms with Gasteiger partial charge in [0.2, 0.25) is 0 Å². The van der Waals surface area contributed by atoms with Crippen LogP contribution in [0.4, 0.5) is 17.1 Å². The minimum Gasteiger partial charge on any atom is -0.456 e. The molecule has 2 heterocycles. The Morgan fingerprint density at radius 2 is 1.13 bits per heavy atom. The molecular formula is C50H33NO2. The van der Waals surface area contributed by atoms with Gasteiger partial charge in [0, 0.05) is 22.0 Å².